The van der Waals surface area contributed by atoms with Gasteiger partial charge in [-0.25, -0.2) is 14.6 Å². The summed E-state index contributed by atoms with van der Waals surface area (Å²) in [5.41, 5.74) is -0.452. The minimum Gasteiger partial charge on any atom is -0.464 e. The Morgan fingerprint density at radius 2 is 1.94 bits per heavy atom. The second-order valence-corrected chi connectivity index (χ2v) is 4.89. The van der Waals surface area contributed by atoms with Gasteiger partial charge in [0.25, 0.3) is 0 Å². The van der Waals surface area contributed by atoms with Gasteiger partial charge in [-0.15, -0.1) is 11.3 Å². The van der Waals surface area contributed by atoms with Gasteiger partial charge in [-0.2, -0.15) is 0 Å². The molecule has 6 heteroatoms. The van der Waals surface area contributed by atoms with Crippen LogP contribution in [0.25, 0.3) is 0 Å². The van der Waals surface area contributed by atoms with Gasteiger partial charge >= 0.3 is 11.9 Å². The summed E-state index contributed by atoms with van der Waals surface area (Å²) in [5, 5.41) is 1.61. The second-order valence-electron chi connectivity index (χ2n) is 4.03. The van der Waals surface area contributed by atoms with Crippen molar-refractivity contribution in [2.75, 3.05) is 7.11 Å². The fourth-order valence-electron chi connectivity index (χ4n) is 0.879. The normalized spacial score (nSPS) is 11.0. The summed E-state index contributed by atoms with van der Waals surface area (Å²) >= 11 is 1.05. The molecular weight excluding hydrogens is 230 g/mol. The third kappa shape index (κ3) is 3.30. The molecule has 5 nitrogen and oxygen atoms in total. The first kappa shape index (κ1) is 12.6. The van der Waals surface area contributed by atoms with Gasteiger partial charge in [-0.3, -0.25) is 0 Å². The van der Waals surface area contributed by atoms with Gasteiger partial charge in [0, 0.05) is 5.38 Å². The van der Waals surface area contributed by atoms with Gasteiger partial charge in [0.2, 0.25) is 5.01 Å². The molecule has 16 heavy (non-hydrogen) atoms. The molecule has 1 aromatic heterocycles. The number of rotatable bonds is 2. The largest absolute Gasteiger partial charge is 0.464 e. The number of carbonyl (C=O) groups excluding carboxylic acids is 2. The quantitative estimate of drug-likeness (QED) is 0.742. The first-order chi connectivity index (χ1) is 7.33. The number of esters is 2. The van der Waals surface area contributed by atoms with Gasteiger partial charge in [-0.1, -0.05) is 0 Å². The van der Waals surface area contributed by atoms with Crippen molar-refractivity contribution in [1.82, 2.24) is 4.98 Å². The second kappa shape index (κ2) is 4.61. The lowest BCUT2D eigenvalue weighted by Crippen LogP contribution is -2.24. The van der Waals surface area contributed by atoms with Crippen molar-refractivity contribution >= 4 is 23.3 Å². The van der Waals surface area contributed by atoms with Gasteiger partial charge in [0.1, 0.15) is 5.60 Å². The van der Waals surface area contributed by atoms with Crippen LogP contribution in [-0.2, 0) is 9.47 Å². The van der Waals surface area contributed by atoms with Crippen molar-refractivity contribution in [1.29, 1.82) is 0 Å². The lowest BCUT2D eigenvalue weighted by molar-refractivity contribution is 0.00637. The van der Waals surface area contributed by atoms with E-state index in [-0.39, 0.29) is 10.7 Å². The molecule has 0 amide bonds. The topological polar surface area (TPSA) is 65.5 Å². The Kier molecular flexibility index (Phi) is 3.64. The molecule has 0 bridgehead atoms. The predicted octanol–water partition coefficient (Wildman–Crippen LogP) is 1.89. The molecule has 0 N–H and O–H groups in total. The van der Waals surface area contributed by atoms with Crippen LogP contribution in [0.4, 0.5) is 0 Å². The first-order valence-electron chi connectivity index (χ1n) is 4.60. The average Bonchev–Trinajstić information content (AvgIpc) is 2.62. The third-order valence-corrected chi connectivity index (χ3v) is 2.29. The maximum absolute atomic E-state index is 11.6. The highest BCUT2D eigenvalue weighted by Gasteiger charge is 2.21. The molecule has 88 valence electrons. The molecular formula is C10H13NO4S. The maximum Gasteiger partial charge on any atom is 0.367 e. The molecule has 0 aliphatic rings. The van der Waals surface area contributed by atoms with E-state index in [9.17, 15) is 9.59 Å². The number of aromatic nitrogens is 1. The molecule has 0 aromatic carbocycles. The fraction of sp³-hybridized carbons (Fsp3) is 0.500. The van der Waals surface area contributed by atoms with Crippen LogP contribution in [0, 0.1) is 0 Å². The number of nitrogens with zero attached hydrogens (tertiary/aromatic N) is 1. The Bertz CT molecular complexity index is 405. The molecule has 1 aromatic rings. The van der Waals surface area contributed by atoms with Crippen LogP contribution in [0.5, 0.6) is 0 Å². The summed E-state index contributed by atoms with van der Waals surface area (Å²) in [6.45, 7) is 5.29. The highest BCUT2D eigenvalue weighted by molar-refractivity contribution is 7.11. The maximum atomic E-state index is 11.6. The molecule has 1 heterocycles. The minimum atomic E-state index is -0.577. The number of ether oxygens (including phenoxy) is 2. The average molecular weight is 243 g/mol. The number of methoxy groups -OCH3 is 1. The molecule has 0 saturated carbocycles. The van der Waals surface area contributed by atoms with E-state index in [2.05, 4.69) is 9.72 Å². The van der Waals surface area contributed by atoms with E-state index < -0.39 is 17.5 Å². The summed E-state index contributed by atoms with van der Waals surface area (Å²) in [7, 11) is 1.26. The number of hydrogen-bond acceptors (Lipinski definition) is 6. The van der Waals surface area contributed by atoms with E-state index in [1.54, 1.807) is 20.8 Å². The third-order valence-electron chi connectivity index (χ3n) is 1.47. The summed E-state index contributed by atoms with van der Waals surface area (Å²) in [4.78, 5) is 26.5. The van der Waals surface area contributed by atoms with E-state index >= 15 is 0 Å². The van der Waals surface area contributed by atoms with E-state index in [0.717, 1.165) is 11.3 Å². The van der Waals surface area contributed by atoms with E-state index in [1.165, 1.54) is 12.5 Å². The standard InChI is InChI=1S/C10H13NO4S/c1-10(2,3)15-8(12)6-5-16-7(11-6)9(13)14-4/h5H,1-4H3. The first-order valence-corrected chi connectivity index (χ1v) is 5.48. The van der Waals surface area contributed by atoms with Crippen molar-refractivity contribution < 1.29 is 19.1 Å². The fourth-order valence-corrected chi connectivity index (χ4v) is 1.58. The Morgan fingerprint density at radius 1 is 1.31 bits per heavy atom. The lowest BCUT2D eigenvalue weighted by Gasteiger charge is -2.18. The van der Waals surface area contributed by atoms with Crippen molar-refractivity contribution in [2.24, 2.45) is 0 Å². The Hall–Kier alpha value is -1.43. The van der Waals surface area contributed by atoms with Crippen LogP contribution < -0.4 is 0 Å². The molecule has 0 aliphatic heterocycles. The molecule has 0 spiro atoms. The van der Waals surface area contributed by atoms with Crippen molar-refractivity contribution in [3.05, 3.63) is 16.1 Å². The van der Waals surface area contributed by atoms with Gasteiger partial charge < -0.3 is 9.47 Å². The zero-order valence-electron chi connectivity index (χ0n) is 9.57. The number of hydrogen-bond donors (Lipinski definition) is 0. The van der Waals surface area contributed by atoms with Crippen LogP contribution in [0.15, 0.2) is 5.38 Å². The van der Waals surface area contributed by atoms with E-state index in [1.807, 2.05) is 0 Å². The minimum absolute atomic E-state index is 0.125. The van der Waals surface area contributed by atoms with Crippen molar-refractivity contribution in [2.45, 2.75) is 26.4 Å². The highest BCUT2D eigenvalue weighted by atomic mass is 32.1. The van der Waals surface area contributed by atoms with E-state index in [4.69, 9.17) is 4.74 Å². The Balaban J connectivity index is 2.78. The smallest absolute Gasteiger partial charge is 0.367 e. The summed E-state index contributed by atoms with van der Waals surface area (Å²) in [5.74, 6) is -1.10. The van der Waals surface area contributed by atoms with Gasteiger partial charge in [0.15, 0.2) is 5.69 Å². The Morgan fingerprint density at radius 3 is 2.44 bits per heavy atom. The number of thiazole rings is 1. The van der Waals surface area contributed by atoms with Crippen molar-refractivity contribution in [3.8, 4) is 0 Å². The predicted molar refractivity (Wildman–Crippen MR) is 58.6 cm³/mol. The summed E-state index contributed by atoms with van der Waals surface area (Å²) in [6, 6.07) is 0. The van der Waals surface area contributed by atoms with Gasteiger partial charge in [0.05, 0.1) is 7.11 Å². The molecule has 0 saturated heterocycles. The van der Waals surface area contributed by atoms with Crippen LogP contribution in [0.2, 0.25) is 0 Å². The molecule has 0 atom stereocenters. The van der Waals surface area contributed by atoms with Crippen LogP contribution in [0.3, 0.4) is 0 Å². The highest BCUT2D eigenvalue weighted by Crippen LogP contribution is 2.15. The summed E-state index contributed by atoms with van der Waals surface area (Å²) < 4.78 is 9.59. The lowest BCUT2D eigenvalue weighted by atomic mass is 10.2. The van der Waals surface area contributed by atoms with Gasteiger partial charge in [-0.05, 0) is 20.8 Å². The number of carbonyl (C=O) groups is 2. The van der Waals surface area contributed by atoms with Crippen LogP contribution in [0.1, 0.15) is 41.1 Å². The Labute approximate surface area is 97.4 Å². The molecule has 0 aliphatic carbocycles. The monoisotopic (exact) mass is 243 g/mol. The molecule has 0 unspecified atom stereocenters. The molecule has 0 radical (unpaired) electrons. The molecule has 1 rings (SSSR count). The van der Waals surface area contributed by atoms with E-state index in [0.29, 0.717) is 0 Å². The van der Waals surface area contributed by atoms with Crippen LogP contribution in [-0.4, -0.2) is 29.6 Å². The SMILES string of the molecule is COC(=O)c1nc(C(=O)OC(C)(C)C)cs1. The van der Waals surface area contributed by atoms with Crippen LogP contribution >= 0.6 is 11.3 Å². The zero-order chi connectivity index (χ0) is 12.3. The van der Waals surface area contributed by atoms with Crippen molar-refractivity contribution in [3.63, 3.8) is 0 Å². The zero-order valence-corrected chi connectivity index (χ0v) is 10.4. The summed E-state index contributed by atoms with van der Waals surface area (Å²) in [6.07, 6.45) is 0. The molecule has 0 fully saturated rings.